The summed E-state index contributed by atoms with van der Waals surface area (Å²) in [6.45, 7) is 0.105. The highest BCUT2D eigenvalue weighted by Gasteiger charge is 2.42. The number of piperidine rings is 1. The van der Waals surface area contributed by atoms with E-state index in [0.717, 1.165) is 16.1 Å². The smallest absolute Gasteiger partial charge is 0.435 e. The molecular formula is C25H24F6N4O4S. The number of hydrogen-bond donors (Lipinski definition) is 0. The number of halogens is 6. The molecule has 2 aromatic heterocycles. The summed E-state index contributed by atoms with van der Waals surface area (Å²) in [5.41, 5.74) is -0.837. The van der Waals surface area contributed by atoms with Crippen molar-refractivity contribution in [2.24, 2.45) is 0 Å². The number of methoxy groups -OCH3 is 1. The number of hydrogen-bond acceptors (Lipinski definition) is 7. The average molecular weight is 591 g/mol. The number of carbonyl (C=O) groups is 1. The largest absolute Gasteiger partial charge is 0.496 e. The lowest BCUT2D eigenvalue weighted by molar-refractivity contribution is -0.155. The van der Waals surface area contributed by atoms with Gasteiger partial charge in [-0.1, -0.05) is 12.1 Å². The van der Waals surface area contributed by atoms with Crippen molar-refractivity contribution in [2.75, 3.05) is 20.2 Å². The molecule has 1 amide bonds. The molecule has 0 spiro atoms. The Morgan fingerprint density at radius 1 is 1.10 bits per heavy atom. The van der Waals surface area contributed by atoms with E-state index in [1.165, 1.54) is 16.2 Å². The van der Waals surface area contributed by atoms with E-state index in [-0.39, 0.29) is 36.4 Å². The van der Waals surface area contributed by atoms with Crippen LogP contribution in [0.25, 0.3) is 0 Å². The average Bonchev–Trinajstić information content (AvgIpc) is 3.52. The van der Waals surface area contributed by atoms with Gasteiger partial charge >= 0.3 is 12.4 Å². The molecular weight excluding hydrogens is 566 g/mol. The van der Waals surface area contributed by atoms with Crippen LogP contribution in [0.1, 0.15) is 58.3 Å². The fraction of sp³-hybridized carbons (Fsp3) is 0.480. The molecule has 0 aliphatic carbocycles. The second-order valence-corrected chi connectivity index (χ2v) is 10.3. The number of thiazole rings is 1. The molecule has 2 aliphatic heterocycles. The Morgan fingerprint density at radius 3 is 2.50 bits per heavy atom. The topological polar surface area (TPSA) is 78.7 Å². The first-order chi connectivity index (χ1) is 18.9. The molecule has 1 aromatic carbocycles. The standard InChI is InChI=1S/C25H24F6N4O4S/c1-37-18-4-2-3-15-11-38-23(39-12-16(15)18)17-13-40-22(32-17)14-5-7-34(8-6-14)21(36)10-35-20(25(29,30)31)9-19(33-35)24(26,27)28/h2-4,9,13-14,23H,5-8,10-12H2,1H3. The van der Waals surface area contributed by atoms with Crippen molar-refractivity contribution >= 4 is 17.2 Å². The van der Waals surface area contributed by atoms with Crippen LogP contribution in [0.2, 0.25) is 0 Å². The van der Waals surface area contributed by atoms with E-state index >= 15 is 0 Å². The minimum absolute atomic E-state index is 0.00172. The third kappa shape index (κ3) is 5.95. The summed E-state index contributed by atoms with van der Waals surface area (Å²) < 4.78 is 96.0. The molecule has 40 heavy (non-hydrogen) atoms. The number of alkyl halides is 6. The second kappa shape index (κ2) is 11.0. The first-order valence-electron chi connectivity index (χ1n) is 12.3. The fourth-order valence-corrected chi connectivity index (χ4v) is 5.74. The van der Waals surface area contributed by atoms with Gasteiger partial charge in [-0.2, -0.15) is 31.4 Å². The molecule has 1 unspecified atom stereocenters. The SMILES string of the molecule is COc1cccc2c1COC(c1csc(C3CCN(C(=O)Cn4nc(C(F)(F)F)cc4C(F)(F)F)CC3)n1)OC2. The van der Waals surface area contributed by atoms with Gasteiger partial charge in [-0.15, -0.1) is 11.3 Å². The molecule has 216 valence electrons. The summed E-state index contributed by atoms with van der Waals surface area (Å²) in [6.07, 6.45) is -9.85. The lowest BCUT2D eigenvalue weighted by Gasteiger charge is -2.31. The lowest BCUT2D eigenvalue weighted by atomic mass is 9.97. The predicted molar refractivity (Wildman–Crippen MR) is 128 cm³/mol. The zero-order valence-corrected chi connectivity index (χ0v) is 21.9. The van der Waals surface area contributed by atoms with Crippen LogP contribution in [-0.2, 0) is 46.4 Å². The molecule has 5 rings (SSSR count). The summed E-state index contributed by atoms with van der Waals surface area (Å²) in [6, 6.07) is 5.58. The van der Waals surface area contributed by atoms with Gasteiger partial charge in [0.25, 0.3) is 0 Å². The number of ether oxygens (including phenoxy) is 3. The van der Waals surface area contributed by atoms with Crippen molar-refractivity contribution in [2.45, 2.75) is 57.2 Å². The Bertz CT molecular complexity index is 1360. The van der Waals surface area contributed by atoms with Crippen molar-refractivity contribution in [1.82, 2.24) is 19.7 Å². The van der Waals surface area contributed by atoms with Gasteiger partial charge in [0.1, 0.15) is 23.7 Å². The maximum atomic E-state index is 13.3. The maximum Gasteiger partial charge on any atom is 0.435 e. The van der Waals surface area contributed by atoms with E-state index in [9.17, 15) is 31.1 Å². The van der Waals surface area contributed by atoms with Crippen molar-refractivity contribution in [1.29, 1.82) is 0 Å². The number of likely N-dealkylation sites (tertiary alicyclic amines) is 1. The quantitative estimate of drug-likeness (QED) is 0.364. The zero-order chi connectivity index (χ0) is 28.7. The fourth-order valence-electron chi connectivity index (χ4n) is 4.75. The molecule has 15 heteroatoms. The number of fused-ring (bicyclic) bond motifs is 1. The van der Waals surface area contributed by atoms with Gasteiger partial charge in [0, 0.05) is 36.0 Å². The minimum Gasteiger partial charge on any atom is -0.496 e. The molecule has 1 fully saturated rings. The molecule has 0 saturated carbocycles. The number of amides is 1. The Balaban J connectivity index is 1.19. The van der Waals surface area contributed by atoms with E-state index < -0.39 is 42.5 Å². The van der Waals surface area contributed by atoms with Gasteiger partial charge in [0.05, 0.1) is 25.3 Å². The van der Waals surface area contributed by atoms with Crippen molar-refractivity contribution in [3.05, 3.63) is 62.9 Å². The van der Waals surface area contributed by atoms with E-state index in [1.807, 2.05) is 23.6 Å². The molecule has 4 heterocycles. The summed E-state index contributed by atoms with van der Waals surface area (Å²) in [5.74, 6) is -0.0287. The highest BCUT2D eigenvalue weighted by Crippen LogP contribution is 2.37. The Hall–Kier alpha value is -3.17. The lowest BCUT2D eigenvalue weighted by Crippen LogP contribution is -2.40. The summed E-state index contributed by atoms with van der Waals surface area (Å²) in [7, 11) is 1.59. The molecule has 8 nitrogen and oxygen atoms in total. The maximum absolute atomic E-state index is 13.3. The van der Waals surface area contributed by atoms with Gasteiger partial charge < -0.3 is 19.1 Å². The van der Waals surface area contributed by atoms with Crippen LogP contribution in [0.3, 0.4) is 0 Å². The van der Waals surface area contributed by atoms with E-state index in [2.05, 4.69) is 5.10 Å². The first-order valence-corrected chi connectivity index (χ1v) is 13.1. The summed E-state index contributed by atoms with van der Waals surface area (Å²) >= 11 is 1.43. The minimum atomic E-state index is -5.09. The zero-order valence-electron chi connectivity index (χ0n) is 21.1. The number of benzene rings is 1. The molecule has 2 aliphatic rings. The molecule has 1 saturated heterocycles. The molecule has 0 N–H and O–H groups in total. The van der Waals surface area contributed by atoms with Gasteiger partial charge in [0.15, 0.2) is 5.69 Å². The molecule has 0 bridgehead atoms. The van der Waals surface area contributed by atoms with E-state index in [4.69, 9.17) is 19.2 Å². The van der Waals surface area contributed by atoms with Crippen LogP contribution in [-0.4, -0.2) is 45.8 Å². The van der Waals surface area contributed by atoms with Crippen molar-refractivity contribution in [3.8, 4) is 5.75 Å². The van der Waals surface area contributed by atoms with Gasteiger partial charge in [-0.25, -0.2) is 4.98 Å². The third-order valence-electron chi connectivity index (χ3n) is 6.84. The van der Waals surface area contributed by atoms with E-state index in [1.54, 1.807) is 7.11 Å². The highest BCUT2D eigenvalue weighted by atomic mass is 32.1. The molecule has 3 aromatic rings. The van der Waals surface area contributed by atoms with Crippen LogP contribution in [0.4, 0.5) is 26.3 Å². The van der Waals surface area contributed by atoms with Crippen LogP contribution in [0.5, 0.6) is 5.75 Å². The highest BCUT2D eigenvalue weighted by molar-refractivity contribution is 7.09. The van der Waals surface area contributed by atoms with Crippen LogP contribution >= 0.6 is 11.3 Å². The third-order valence-corrected chi connectivity index (χ3v) is 7.87. The number of rotatable bonds is 5. The van der Waals surface area contributed by atoms with Gasteiger partial charge in [-0.3, -0.25) is 9.48 Å². The summed E-state index contributed by atoms with van der Waals surface area (Å²) in [5, 5.41) is 5.67. The number of nitrogens with zero attached hydrogens (tertiary/aromatic N) is 4. The summed E-state index contributed by atoms with van der Waals surface area (Å²) in [4.78, 5) is 18.7. The monoisotopic (exact) mass is 590 g/mol. The molecule has 1 atom stereocenters. The van der Waals surface area contributed by atoms with Gasteiger partial charge in [0.2, 0.25) is 12.2 Å². The van der Waals surface area contributed by atoms with Crippen LogP contribution < -0.4 is 4.74 Å². The Morgan fingerprint density at radius 2 is 1.82 bits per heavy atom. The van der Waals surface area contributed by atoms with E-state index in [0.29, 0.717) is 30.9 Å². The molecule has 0 radical (unpaired) electrons. The Labute approximate surface area is 228 Å². The van der Waals surface area contributed by atoms with Crippen LogP contribution in [0, 0.1) is 0 Å². The normalized spacial score (nSPS) is 18.9. The second-order valence-electron chi connectivity index (χ2n) is 9.39. The van der Waals surface area contributed by atoms with Crippen molar-refractivity contribution in [3.63, 3.8) is 0 Å². The predicted octanol–water partition coefficient (Wildman–Crippen LogP) is 5.54. The Kier molecular flexibility index (Phi) is 7.81. The van der Waals surface area contributed by atoms with Gasteiger partial charge in [-0.05, 0) is 24.5 Å². The number of aromatic nitrogens is 3. The van der Waals surface area contributed by atoms with Crippen LogP contribution in [0.15, 0.2) is 29.6 Å². The first kappa shape index (κ1) is 28.4. The van der Waals surface area contributed by atoms with Crippen molar-refractivity contribution < 1.29 is 45.3 Å². The number of carbonyl (C=O) groups excluding carboxylic acids is 1.